The van der Waals surface area contributed by atoms with Crippen LogP contribution in [0.2, 0.25) is 0 Å². The van der Waals surface area contributed by atoms with E-state index in [1.807, 2.05) is 0 Å². The van der Waals surface area contributed by atoms with E-state index in [9.17, 15) is 40.9 Å². The number of rotatable bonds is 23. The quantitative estimate of drug-likeness (QED) is 0.0424. The molecule has 27 N–H and O–H groups in total. The molecule has 0 aromatic heterocycles. The summed E-state index contributed by atoms with van der Waals surface area (Å²) >= 11 is 0. The molecule has 0 bridgehead atoms. The predicted molar refractivity (Wildman–Crippen MR) is 213 cm³/mol. The number of hydrogen-bond acceptors (Lipinski definition) is 25. The highest BCUT2D eigenvalue weighted by molar-refractivity contribution is 5.02. The Morgan fingerprint density at radius 3 is 1.30 bits per heavy atom. The average Bonchev–Trinajstić information content (AvgIpc) is 3.22. The summed E-state index contributed by atoms with van der Waals surface area (Å²) in [4.78, 5) is 0. The molecule has 60 heavy (non-hydrogen) atoms. The molecular formula is C35H75N11O14. The fourth-order valence-electron chi connectivity index (χ4n) is 7.87. The number of ether oxygens (including phenoxy) is 6. The Balaban J connectivity index is 1.08. The number of aliphatic hydroxyl groups is 8. The van der Waals surface area contributed by atoms with Crippen molar-refractivity contribution in [2.24, 2.45) is 45.9 Å². The number of aliphatic hydroxyl groups excluding tert-OH is 8. The van der Waals surface area contributed by atoms with Crippen LogP contribution in [0.15, 0.2) is 0 Å². The smallest absolute Gasteiger partial charge is 0.176 e. The van der Waals surface area contributed by atoms with Gasteiger partial charge in [-0.1, -0.05) is 0 Å². The van der Waals surface area contributed by atoms with Gasteiger partial charge in [0.25, 0.3) is 0 Å². The number of nitrogens with one attached hydrogen (secondary N) is 3. The van der Waals surface area contributed by atoms with Crippen LogP contribution in [0.1, 0.15) is 19.3 Å². The Hall–Kier alpha value is -1.00. The van der Waals surface area contributed by atoms with Crippen LogP contribution in [0.25, 0.3) is 0 Å². The maximum absolute atomic E-state index is 10.9. The molecule has 2 aliphatic carbocycles. The minimum Gasteiger partial charge on any atom is -0.389 e. The fraction of sp³-hybridized carbons (Fsp3) is 1.00. The normalized spacial score (nSPS) is 43.8. The van der Waals surface area contributed by atoms with Crippen molar-refractivity contribution in [3.63, 3.8) is 0 Å². The Bertz CT molecular complexity index is 1130. The Morgan fingerprint density at radius 1 is 0.500 bits per heavy atom. The van der Waals surface area contributed by atoms with Crippen molar-refractivity contribution in [1.82, 2.24) is 16.0 Å². The number of nitrogens with two attached hydrogens (primary N) is 8. The molecule has 0 amide bonds. The third kappa shape index (κ3) is 13.8. The van der Waals surface area contributed by atoms with E-state index in [-0.39, 0.29) is 52.2 Å². The summed E-state index contributed by atoms with van der Waals surface area (Å²) in [6.07, 6.45) is -16.8. The van der Waals surface area contributed by atoms with Gasteiger partial charge in [-0.3, -0.25) is 0 Å². The van der Waals surface area contributed by atoms with Crippen LogP contribution in [0.5, 0.6) is 0 Å². The molecule has 0 spiro atoms. The molecule has 25 nitrogen and oxygen atoms in total. The zero-order valence-corrected chi connectivity index (χ0v) is 34.0. The highest BCUT2D eigenvalue weighted by atomic mass is 16.7. The van der Waals surface area contributed by atoms with Gasteiger partial charge in [0, 0.05) is 63.4 Å². The fourth-order valence-corrected chi connectivity index (χ4v) is 7.87. The summed E-state index contributed by atoms with van der Waals surface area (Å²) < 4.78 is 35.2. The standard InChI is InChI=1S/C35H75N11O14/c36-8-20-26(51)28(53)22(42)34(57-20)59-30-18(40)6-16(38)24(49)32(30)55-12-14(47)10-45-3-1-2-44-4-5-46-11-15(48)13-56-33-25(50)17(39)7-19(41)31(33)60-35-23(43)29(54)27(52)21(9-37)58-35/h14-35,44-54H,1-13,36-43H2/t14-,15-,16-,17-,18+,19+,20-,21-,22-,23-,24+,25+,26-,27-,28-,29-,30-,31-,32-,33-,34-,35-/m1/s1. The van der Waals surface area contributed by atoms with Crippen LogP contribution in [0.3, 0.4) is 0 Å². The predicted octanol–water partition coefficient (Wildman–Crippen LogP) is -11.3. The van der Waals surface area contributed by atoms with Crippen molar-refractivity contribution in [3.8, 4) is 0 Å². The van der Waals surface area contributed by atoms with Crippen LogP contribution >= 0.6 is 0 Å². The molecule has 2 heterocycles. The molecule has 0 radical (unpaired) electrons. The van der Waals surface area contributed by atoms with Crippen LogP contribution < -0.4 is 61.8 Å². The van der Waals surface area contributed by atoms with Gasteiger partial charge in [0.05, 0.1) is 49.7 Å². The van der Waals surface area contributed by atoms with Crippen molar-refractivity contribution in [1.29, 1.82) is 0 Å². The first-order chi connectivity index (χ1) is 28.5. The SMILES string of the molecule is NC[C@H]1O[C@H](O[C@H]2[C@H](OC[C@H](O)CNCCCNCCNC[C@@H](O)CO[C@@H]3[C@@H](O)[C@H](N)C[C@H](N)[C@H]3O[C@H]3O[C@H](CN)[C@@H](O)[C@H](O)[C@H]3N)[C@@H](O)[C@H](N)C[C@@H]2N)[C@H](N)[C@@H](O)[C@@H]1O. The zero-order chi connectivity index (χ0) is 44.3. The first kappa shape index (κ1) is 51.6. The molecular weight excluding hydrogens is 798 g/mol. The van der Waals surface area contributed by atoms with Gasteiger partial charge in [-0.05, 0) is 32.4 Å². The van der Waals surface area contributed by atoms with E-state index in [2.05, 4.69) is 16.0 Å². The molecule has 0 unspecified atom stereocenters. The van der Waals surface area contributed by atoms with Crippen LogP contribution in [0, 0.1) is 0 Å². The van der Waals surface area contributed by atoms with E-state index in [0.29, 0.717) is 26.2 Å². The van der Waals surface area contributed by atoms with E-state index in [0.717, 1.165) is 6.42 Å². The first-order valence-corrected chi connectivity index (χ1v) is 20.9. The van der Waals surface area contributed by atoms with Gasteiger partial charge in [0.1, 0.15) is 61.0 Å². The van der Waals surface area contributed by atoms with Crippen molar-refractivity contribution in [3.05, 3.63) is 0 Å². The monoisotopic (exact) mass is 874 g/mol. The lowest BCUT2D eigenvalue weighted by Crippen LogP contribution is -2.68. The maximum Gasteiger partial charge on any atom is 0.176 e. The largest absolute Gasteiger partial charge is 0.389 e. The maximum atomic E-state index is 10.9. The third-order valence-corrected chi connectivity index (χ3v) is 11.6. The van der Waals surface area contributed by atoms with Crippen molar-refractivity contribution < 1.29 is 69.3 Å². The second-order valence-corrected chi connectivity index (χ2v) is 16.4. The summed E-state index contributed by atoms with van der Waals surface area (Å²) in [5.74, 6) is 0. The van der Waals surface area contributed by atoms with E-state index >= 15 is 0 Å². The molecule has 4 fully saturated rings. The van der Waals surface area contributed by atoms with Gasteiger partial charge in [-0.25, -0.2) is 0 Å². The second kappa shape index (κ2) is 24.9. The molecule has 25 heteroatoms. The Kier molecular flexibility index (Phi) is 21.4. The van der Waals surface area contributed by atoms with E-state index in [4.69, 9.17) is 74.3 Å². The highest BCUT2D eigenvalue weighted by Gasteiger charge is 2.50. The second-order valence-electron chi connectivity index (χ2n) is 16.4. The van der Waals surface area contributed by atoms with Gasteiger partial charge < -0.3 is 131 Å². The van der Waals surface area contributed by atoms with E-state index in [1.165, 1.54) is 0 Å². The molecule has 4 aliphatic rings. The molecule has 2 saturated carbocycles. The Labute approximate surface area is 350 Å². The van der Waals surface area contributed by atoms with E-state index < -0.39 is 134 Å². The van der Waals surface area contributed by atoms with Crippen molar-refractivity contribution >= 4 is 0 Å². The first-order valence-electron chi connectivity index (χ1n) is 20.9. The molecule has 4 rings (SSSR count). The summed E-state index contributed by atoms with van der Waals surface area (Å²) in [6.45, 7) is 2.19. The van der Waals surface area contributed by atoms with Crippen LogP contribution in [0.4, 0.5) is 0 Å². The Morgan fingerprint density at radius 2 is 0.883 bits per heavy atom. The van der Waals surface area contributed by atoms with Gasteiger partial charge in [-0.15, -0.1) is 0 Å². The van der Waals surface area contributed by atoms with Crippen LogP contribution in [-0.4, -0.2) is 241 Å². The molecule has 0 aromatic rings. The summed E-state index contributed by atoms with van der Waals surface area (Å²) in [7, 11) is 0. The molecule has 0 aromatic carbocycles. The minimum atomic E-state index is -1.37. The van der Waals surface area contributed by atoms with Crippen molar-refractivity contribution in [2.45, 2.75) is 154 Å². The molecule has 22 atom stereocenters. The van der Waals surface area contributed by atoms with Gasteiger partial charge in [0.2, 0.25) is 0 Å². The topological polar surface area (TPSA) is 461 Å². The van der Waals surface area contributed by atoms with Crippen molar-refractivity contribution in [2.75, 3.05) is 65.6 Å². The van der Waals surface area contributed by atoms with E-state index in [1.54, 1.807) is 0 Å². The molecule has 354 valence electrons. The van der Waals surface area contributed by atoms with Gasteiger partial charge >= 0.3 is 0 Å². The summed E-state index contributed by atoms with van der Waals surface area (Å²) in [5.41, 5.74) is 48.3. The lowest BCUT2D eigenvalue weighted by molar-refractivity contribution is -0.292. The van der Waals surface area contributed by atoms with Gasteiger partial charge in [0.15, 0.2) is 12.6 Å². The zero-order valence-electron chi connectivity index (χ0n) is 34.0. The number of hydrogen-bond donors (Lipinski definition) is 19. The highest BCUT2D eigenvalue weighted by Crippen LogP contribution is 2.30. The lowest BCUT2D eigenvalue weighted by Gasteiger charge is -2.47. The molecule has 2 aliphatic heterocycles. The molecule has 2 saturated heterocycles. The lowest BCUT2D eigenvalue weighted by atomic mass is 9.84. The minimum absolute atomic E-state index is 0.0988. The summed E-state index contributed by atoms with van der Waals surface area (Å²) in [5, 5.41) is 93.6. The van der Waals surface area contributed by atoms with Crippen LogP contribution in [-0.2, 0) is 28.4 Å². The van der Waals surface area contributed by atoms with Gasteiger partial charge in [-0.2, -0.15) is 0 Å². The average molecular weight is 874 g/mol. The third-order valence-electron chi connectivity index (χ3n) is 11.6. The summed E-state index contributed by atoms with van der Waals surface area (Å²) in [6, 6.07) is -5.09.